The van der Waals surface area contributed by atoms with Crippen molar-refractivity contribution in [3.8, 4) is 0 Å². The average Bonchev–Trinajstić information content (AvgIpc) is 3.15. The number of halogens is 1. The van der Waals surface area contributed by atoms with Crippen molar-refractivity contribution < 1.29 is 9.53 Å². The van der Waals surface area contributed by atoms with Gasteiger partial charge in [0.25, 0.3) is 5.91 Å². The Morgan fingerprint density at radius 3 is 2.88 bits per heavy atom. The van der Waals surface area contributed by atoms with Gasteiger partial charge in [0.2, 0.25) is 0 Å². The number of thiophene rings is 1. The largest absolute Gasteiger partial charge is 0.379 e. The second-order valence-corrected chi connectivity index (χ2v) is 8.06. The number of carbonyl (C=O) groups excluding carboxylic acids is 1. The smallest absolute Gasteiger partial charge is 0.272 e. The highest BCUT2D eigenvalue weighted by atomic mass is 35.5. The fourth-order valence-electron chi connectivity index (χ4n) is 3.23. The number of hydrogen-bond donors (Lipinski definition) is 2. The Balaban J connectivity index is 1.67. The lowest BCUT2D eigenvalue weighted by atomic mass is 10.2. The summed E-state index contributed by atoms with van der Waals surface area (Å²) in [4.78, 5) is 19.8. The minimum absolute atomic E-state index is 0.164. The zero-order valence-corrected chi connectivity index (χ0v) is 16.0. The number of para-hydroxylation sites is 1. The van der Waals surface area contributed by atoms with Gasteiger partial charge in [-0.3, -0.25) is 9.69 Å². The van der Waals surface area contributed by atoms with Crippen LogP contribution in [0.3, 0.4) is 0 Å². The summed E-state index contributed by atoms with van der Waals surface area (Å²) < 4.78 is 6.59. The molecule has 0 atom stereocenters. The Bertz CT molecular complexity index is 944. The van der Waals surface area contributed by atoms with Gasteiger partial charge in [-0.1, -0.05) is 23.7 Å². The number of amides is 1. The number of aromatic nitrogens is 1. The van der Waals surface area contributed by atoms with Crippen LogP contribution in [0.15, 0.2) is 30.3 Å². The highest BCUT2D eigenvalue weighted by Crippen LogP contribution is 2.32. The van der Waals surface area contributed by atoms with Crippen molar-refractivity contribution in [2.45, 2.75) is 13.5 Å². The number of morpholine rings is 1. The number of rotatable bonds is 4. The minimum atomic E-state index is -0.164. The van der Waals surface area contributed by atoms with Gasteiger partial charge in [0.15, 0.2) is 0 Å². The van der Waals surface area contributed by atoms with Crippen molar-refractivity contribution >= 4 is 44.7 Å². The van der Waals surface area contributed by atoms with Gasteiger partial charge in [-0.25, -0.2) is 0 Å². The summed E-state index contributed by atoms with van der Waals surface area (Å²) >= 11 is 7.90. The normalized spacial score (nSPS) is 15.5. The Morgan fingerprint density at radius 1 is 1.35 bits per heavy atom. The maximum atomic E-state index is 12.9. The number of carbonyl (C=O) groups is 1. The quantitative estimate of drug-likeness (QED) is 0.700. The molecule has 1 aliphatic heterocycles. The van der Waals surface area contributed by atoms with E-state index in [0.29, 0.717) is 16.4 Å². The van der Waals surface area contributed by atoms with Gasteiger partial charge in [-0.2, -0.15) is 0 Å². The second kappa shape index (κ2) is 7.40. The monoisotopic (exact) mass is 389 g/mol. The molecular formula is C19H20ClN3O2S. The number of ether oxygens (including phenoxy) is 1. The van der Waals surface area contributed by atoms with E-state index in [4.69, 9.17) is 16.3 Å². The Morgan fingerprint density at radius 2 is 2.12 bits per heavy atom. The molecule has 0 radical (unpaired) electrons. The van der Waals surface area contributed by atoms with Gasteiger partial charge in [0.05, 0.1) is 34.1 Å². The van der Waals surface area contributed by atoms with Crippen LogP contribution in [0.5, 0.6) is 0 Å². The number of aryl methyl sites for hydroxylation is 1. The van der Waals surface area contributed by atoms with E-state index in [1.807, 2.05) is 12.1 Å². The van der Waals surface area contributed by atoms with Gasteiger partial charge >= 0.3 is 0 Å². The number of anilines is 1. The molecule has 4 rings (SSSR count). The number of aromatic amines is 1. The summed E-state index contributed by atoms with van der Waals surface area (Å²) in [5.41, 5.74) is 3.29. The second-order valence-electron chi connectivity index (χ2n) is 6.40. The van der Waals surface area contributed by atoms with Crippen molar-refractivity contribution in [3.63, 3.8) is 0 Å². The van der Waals surface area contributed by atoms with Gasteiger partial charge < -0.3 is 15.0 Å². The summed E-state index contributed by atoms with van der Waals surface area (Å²) in [5, 5.41) is 3.46. The van der Waals surface area contributed by atoms with Crippen molar-refractivity contribution in [3.05, 3.63) is 51.5 Å². The van der Waals surface area contributed by atoms with E-state index < -0.39 is 0 Å². The molecule has 1 amide bonds. The number of benzene rings is 1. The summed E-state index contributed by atoms with van der Waals surface area (Å²) in [6.45, 7) is 6.04. The first-order chi connectivity index (χ1) is 12.6. The van der Waals surface area contributed by atoms with Gasteiger partial charge in [-0.05, 0) is 25.1 Å². The van der Waals surface area contributed by atoms with Gasteiger partial charge in [0.1, 0.15) is 5.69 Å². The highest BCUT2D eigenvalue weighted by Gasteiger charge is 2.23. The summed E-state index contributed by atoms with van der Waals surface area (Å²) in [6.07, 6.45) is 0. The van der Waals surface area contributed by atoms with E-state index in [0.717, 1.165) is 48.6 Å². The summed E-state index contributed by atoms with van der Waals surface area (Å²) in [5.74, 6) is -0.164. The van der Waals surface area contributed by atoms with Crippen LogP contribution in [-0.2, 0) is 11.3 Å². The van der Waals surface area contributed by atoms with Crippen LogP contribution in [0.25, 0.3) is 10.2 Å². The lowest BCUT2D eigenvalue weighted by Gasteiger charge is -2.26. The highest BCUT2D eigenvalue weighted by molar-refractivity contribution is 7.19. The molecule has 0 aliphatic carbocycles. The SMILES string of the molecule is Cc1cc2[nH]c(C(=O)Nc3ccccc3Cl)c(CN3CCOCC3)c2s1. The standard InChI is InChI=1S/C19H20ClN3O2S/c1-12-10-16-18(26-12)13(11-23-6-8-25-9-7-23)17(21-16)19(24)22-15-5-3-2-4-14(15)20/h2-5,10,21H,6-9,11H2,1H3,(H,22,24). The van der Waals surface area contributed by atoms with Crippen LogP contribution in [-0.4, -0.2) is 42.1 Å². The van der Waals surface area contributed by atoms with E-state index in [2.05, 4.69) is 28.2 Å². The predicted octanol–water partition coefficient (Wildman–Crippen LogP) is 4.28. The number of H-pyrrole nitrogens is 1. The molecule has 1 saturated heterocycles. The Labute approximate surface area is 160 Å². The zero-order valence-electron chi connectivity index (χ0n) is 14.5. The van der Waals surface area contributed by atoms with Crippen LogP contribution < -0.4 is 5.32 Å². The number of fused-ring (bicyclic) bond motifs is 1. The topological polar surface area (TPSA) is 57.4 Å². The van der Waals surface area contributed by atoms with Gasteiger partial charge in [0, 0.05) is 30.1 Å². The summed E-state index contributed by atoms with van der Waals surface area (Å²) in [7, 11) is 0. The zero-order chi connectivity index (χ0) is 18.1. The lowest BCUT2D eigenvalue weighted by Crippen LogP contribution is -2.36. The minimum Gasteiger partial charge on any atom is -0.379 e. The van der Waals surface area contributed by atoms with E-state index in [9.17, 15) is 4.79 Å². The van der Waals surface area contributed by atoms with E-state index in [-0.39, 0.29) is 5.91 Å². The maximum absolute atomic E-state index is 12.9. The van der Waals surface area contributed by atoms with E-state index in [1.54, 1.807) is 23.5 Å². The average molecular weight is 390 g/mol. The molecule has 1 aliphatic rings. The molecule has 2 aromatic heterocycles. The molecule has 3 heterocycles. The third-order valence-corrected chi connectivity index (χ3v) is 5.97. The molecule has 26 heavy (non-hydrogen) atoms. The fourth-order valence-corrected chi connectivity index (χ4v) is 4.42. The first-order valence-corrected chi connectivity index (χ1v) is 9.78. The van der Waals surface area contributed by atoms with Crippen molar-refractivity contribution in [1.29, 1.82) is 0 Å². The maximum Gasteiger partial charge on any atom is 0.272 e. The van der Waals surface area contributed by atoms with Gasteiger partial charge in [-0.15, -0.1) is 11.3 Å². The van der Waals surface area contributed by atoms with E-state index >= 15 is 0 Å². The Kier molecular flexibility index (Phi) is 5.00. The summed E-state index contributed by atoms with van der Waals surface area (Å²) in [6, 6.07) is 9.36. The molecule has 0 spiro atoms. The number of nitrogens with one attached hydrogen (secondary N) is 2. The van der Waals surface area contributed by atoms with Crippen LogP contribution in [0.4, 0.5) is 5.69 Å². The molecule has 1 fully saturated rings. The molecule has 5 nitrogen and oxygen atoms in total. The third kappa shape index (κ3) is 3.50. The van der Waals surface area contributed by atoms with Crippen molar-refractivity contribution in [1.82, 2.24) is 9.88 Å². The van der Waals surface area contributed by atoms with Crippen LogP contribution >= 0.6 is 22.9 Å². The third-order valence-electron chi connectivity index (χ3n) is 4.53. The predicted molar refractivity (Wildman–Crippen MR) is 106 cm³/mol. The van der Waals surface area contributed by atoms with Crippen LogP contribution in [0, 0.1) is 6.92 Å². The van der Waals surface area contributed by atoms with Crippen LogP contribution in [0.1, 0.15) is 20.9 Å². The van der Waals surface area contributed by atoms with Crippen LogP contribution in [0.2, 0.25) is 5.02 Å². The molecular weight excluding hydrogens is 370 g/mol. The van der Waals surface area contributed by atoms with Crippen molar-refractivity contribution in [2.75, 3.05) is 31.6 Å². The molecule has 0 unspecified atom stereocenters. The first-order valence-electron chi connectivity index (χ1n) is 8.59. The lowest BCUT2D eigenvalue weighted by molar-refractivity contribution is 0.0343. The molecule has 3 aromatic rings. The molecule has 136 valence electrons. The first kappa shape index (κ1) is 17.5. The molecule has 0 saturated carbocycles. The van der Waals surface area contributed by atoms with E-state index in [1.165, 1.54) is 4.88 Å². The fraction of sp³-hybridized carbons (Fsp3) is 0.316. The number of nitrogens with zero attached hydrogens (tertiary/aromatic N) is 1. The molecule has 7 heteroatoms. The Hall–Kier alpha value is -1.86. The number of hydrogen-bond acceptors (Lipinski definition) is 4. The molecule has 2 N–H and O–H groups in total. The van der Waals surface area contributed by atoms with Crippen molar-refractivity contribution in [2.24, 2.45) is 0 Å². The molecule has 1 aromatic carbocycles. The molecule has 0 bridgehead atoms.